The van der Waals surface area contributed by atoms with Gasteiger partial charge in [0.1, 0.15) is 13.2 Å². The quantitative estimate of drug-likeness (QED) is 0.772. The first kappa shape index (κ1) is 19.4. The Bertz CT molecular complexity index is 916. The maximum absolute atomic E-state index is 13.4. The molecule has 2 heterocycles. The Kier molecular flexibility index (Phi) is 4.55. The van der Waals surface area contributed by atoms with E-state index in [4.69, 9.17) is 4.74 Å². The summed E-state index contributed by atoms with van der Waals surface area (Å²) in [7, 11) is 0. The molecule has 148 valence electrons. The van der Waals surface area contributed by atoms with Crippen molar-refractivity contribution in [2.45, 2.75) is 32.2 Å². The third kappa shape index (κ3) is 3.70. The highest BCUT2D eigenvalue weighted by Crippen LogP contribution is 2.45. The summed E-state index contributed by atoms with van der Waals surface area (Å²) in [6, 6.07) is 2.14. The van der Waals surface area contributed by atoms with Crippen LogP contribution in [0, 0.1) is 5.92 Å². The first-order valence-electron chi connectivity index (χ1n) is 8.12. The van der Waals surface area contributed by atoms with E-state index in [-0.39, 0.29) is 29.5 Å². The summed E-state index contributed by atoms with van der Waals surface area (Å²) in [5.41, 5.74) is -2.43. The van der Waals surface area contributed by atoms with Crippen LogP contribution in [0.4, 0.5) is 32.0 Å². The Labute approximate surface area is 149 Å². The summed E-state index contributed by atoms with van der Waals surface area (Å²) < 4.78 is 85.1. The van der Waals surface area contributed by atoms with E-state index in [1.165, 1.54) is 12.1 Å². The minimum absolute atomic E-state index is 0.0812. The third-order valence-electron chi connectivity index (χ3n) is 4.47. The van der Waals surface area contributed by atoms with Crippen LogP contribution in [-0.4, -0.2) is 30.4 Å². The number of alkyl halides is 6. The summed E-state index contributed by atoms with van der Waals surface area (Å²) in [4.78, 5) is 14.9. The lowest BCUT2D eigenvalue weighted by Crippen LogP contribution is -2.50. The van der Waals surface area contributed by atoms with Crippen LogP contribution >= 0.6 is 0 Å². The van der Waals surface area contributed by atoms with Gasteiger partial charge in [-0.1, -0.05) is 13.8 Å². The predicted molar refractivity (Wildman–Crippen MR) is 87.1 cm³/mol. The largest absolute Gasteiger partial charge is 0.489 e. The Hall–Kier alpha value is -2.39. The normalized spacial score (nSPS) is 18.0. The van der Waals surface area contributed by atoms with Gasteiger partial charge in [0.2, 0.25) is 5.56 Å². The average Bonchev–Trinajstić information content (AvgIpc) is 2.51. The molecule has 1 aliphatic rings. The number of nitrogens with one attached hydrogen (secondary N) is 1. The molecule has 0 fully saturated rings. The highest BCUT2D eigenvalue weighted by molar-refractivity contribution is 5.94. The zero-order chi connectivity index (χ0) is 20.1. The zero-order valence-corrected chi connectivity index (χ0v) is 14.3. The van der Waals surface area contributed by atoms with Crippen molar-refractivity contribution >= 4 is 16.6 Å². The molecule has 1 N–H and O–H groups in total. The van der Waals surface area contributed by atoms with E-state index >= 15 is 0 Å². The third-order valence-corrected chi connectivity index (χ3v) is 4.47. The number of halogens is 6. The molecule has 3 rings (SSSR count). The van der Waals surface area contributed by atoms with Gasteiger partial charge in [-0.05, 0) is 18.1 Å². The number of anilines is 1. The number of benzene rings is 1. The topological polar surface area (TPSA) is 45.3 Å². The van der Waals surface area contributed by atoms with Gasteiger partial charge in [0.05, 0.1) is 28.2 Å². The van der Waals surface area contributed by atoms with Crippen LogP contribution in [0.2, 0.25) is 0 Å². The van der Waals surface area contributed by atoms with E-state index in [9.17, 15) is 31.1 Å². The molecule has 1 aromatic carbocycles. The molecule has 1 atom stereocenters. The van der Waals surface area contributed by atoms with E-state index < -0.39 is 41.4 Å². The number of aromatic nitrogens is 1. The van der Waals surface area contributed by atoms with Crippen molar-refractivity contribution in [1.29, 1.82) is 0 Å². The van der Waals surface area contributed by atoms with Crippen molar-refractivity contribution in [3.63, 3.8) is 0 Å². The van der Waals surface area contributed by atoms with Crippen molar-refractivity contribution in [1.82, 2.24) is 4.98 Å². The minimum atomic E-state index is -4.87. The average molecular weight is 394 g/mol. The number of H-pyrrole nitrogens is 1. The van der Waals surface area contributed by atoms with E-state index in [0.717, 1.165) is 4.90 Å². The number of pyridine rings is 1. The molecule has 10 heteroatoms. The second-order valence-electron chi connectivity index (χ2n) is 6.75. The first-order valence-corrected chi connectivity index (χ1v) is 8.12. The maximum atomic E-state index is 13.4. The van der Waals surface area contributed by atoms with Gasteiger partial charge in [-0.3, -0.25) is 4.79 Å². The van der Waals surface area contributed by atoms with Gasteiger partial charge in [-0.15, -0.1) is 0 Å². The molecule has 0 unspecified atom stereocenters. The van der Waals surface area contributed by atoms with E-state index in [2.05, 4.69) is 4.98 Å². The predicted octanol–water partition coefficient (Wildman–Crippen LogP) is 4.33. The first-order chi connectivity index (χ1) is 12.4. The molecule has 4 nitrogen and oxygen atoms in total. The molecule has 0 aliphatic carbocycles. The summed E-state index contributed by atoms with van der Waals surface area (Å²) in [5.74, 6) is -0.536. The number of hydrogen-bond donors (Lipinski definition) is 1. The summed E-state index contributed by atoms with van der Waals surface area (Å²) in [5, 5.41) is -0.450. The molecule has 1 aliphatic heterocycles. The SMILES string of the molecule is CC(C)[C@@H]1COc2c(ccc3[nH]c(=O)cc(C(F)(F)F)c23)N1CC(F)(F)F. The fraction of sp³-hybridized carbons (Fsp3) is 0.471. The van der Waals surface area contributed by atoms with Crippen LogP contribution < -0.4 is 15.2 Å². The lowest BCUT2D eigenvalue weighted by atomic mass is 9.98. The molecule has 2 aromatic rings. The molecule has 0 amide bonds. The number of nitrogens with zero attached hydrogens (tertiary/aromatic N) is 1. The number of ether oxygens (including phenoxy) is 1. The molecule has 1 aromatic heterocycles. The summed E-state index contributed by atoms with van der Waals surface area (Å²) >= 11 is 0. The van der Waals surface area contributed by atoms with Gasteiger partial charge in [0.25, 0.3) is 0 Å². The van der Waals surface area contributed by atoms with Crippen molar-refractivity contribution < 1.29 is 31.1 Å². The molecule has 0 saturated heterocycles. The van der Waals surface area contributed by atoms with Crippen LogP contribution in [0.1, 0.15) is 19.4 Å². The fourth-order valence-electron chi connectivity index (χ4n) is 3.30. The van der Waals surface area contributed by atoms with Crippen molar-refractivity contribution in [2.75, 3.05) is 18.1 Å². The van der Waals surface area contributed by atoms with Crippen LogP contribution in [0.25, 0.3) is 10.9 Å². The number of rotatable bonds is 2. The second kappa shape index (κ2) is 6.35. The van der Waals surface area contributed by atoms with Crippen LogP contribution in [0.3, 0.4) is 0 Å². The Morgan fingerprint density at radius 1 is 1.22 bits per heavy atom. The molecular weight excluding hydrogens is 378 g/mol. The van der Waals surface area contributed by atoms with Crippen LogP contribution in [0.15, 0.2) is 23.0 Å². The minimum Gasteiger partial charge on any atom is -0.489 e. The molecule has 0 saturated carbocycles. The molecule has 0 bridgehead atoms. The maximum Gasteiger partial charge on any atom is 0.417 e. The number of aromatic amines is 1. The molecule has 0 spiro atoms. The lowest BCUT2D eigenvalue weighted by Gasteiger charge is -2.41. The van der Waals surface area contributed by atoms with Gasteiger partial charge in [-0.25, -0.2) is 0 Å². The number of hydrogen-bond acceptors (Lipinski definition) is 3. The van der Waals surface area contributed by atoms with Crippen LogP contribution in [0.5, 0.6) is 5.75 Å². The van der Waals surface area contributed by atoms with Crippen LogP contribution in [-0.2, 0) is 6.18 Å². The smallest absolute Gasteiger partial charge is 0.417 e. The van der Waals surface area contributed by atoms with Crippen molar-refractivity contribution in [3.8, 4) is 5.75 Å². The molecular formula is C17H16F6N2O2. The monoisotopic (exact) mass is 394 g/mol. The summed E-state index contributed by atoms with van der Waals surface area (Å²) in [6.07, 6.45) is -9.41. The highest BCUT2D eigenvalue weighted by Gasteiger charge is 2.41. The van der Waals surface area contributed by atoms with Gasteiger partial charge in [0.15, 0.2) is 5.75 Å². The van der Waals surface area contributed by atoms with Crippen molar-refractivity contribution in [3.05, 3.63) is 34.1 Å². The summed E-state index contributed by atoms with van der Waals surface area (Å²) in [6.45, 7) is 1.91. The van der Waals surface area contributed by atoms with E-state index in [1.54, 1.807) is 13.8 Å². The highest BCUT2D eigenvalue weighted by atomic mass is 19.4. The Balaban J connectivity index is 2.29. The van der Waals surface area contributed by atoms with Gasteiger partial charge < -0.3 is 14.6 Å². The fourth-order valence-corrected chi connectivity index (χ4v) is 3.30. The molecule has 27 heavy (non-hydrogen) atoms. The Morgan fingerprint density at radius 2 is 1.89 bits per heavy atom. The van der Waals surface area contributed by atoms with Crippen molar-refractivity contribution in [2.24, 2.45) is 5.92 Å². The van der Waals surface area contributed by atoms with Gasteiger partial charge in [0, 0.05) is 6.07 Å². The van der Waals surface area contributed by atoms with Gasteiger partial charge >= 0.3 is 12.4 Å². The standard InChI is InChI=1S/C17H16F6N2O2/c1-8(2)12-6-27-15-11(25(12)7-16(18,19)20)4-3-10-14(15)9(17(21,22)23)5-13(26)24-10/h3-5,8,12H,6-7H2,1-2H3,(H,24,26)/t12-/m0/s1. The second-order valence-corrected chi connectivity index (χ2v) is 6.75. The molecule has 0 radical (unpaired) electrons. The number of fused-ring (bicyclic) bond motifs is 3. The van der Waals surface area contributed by atoms with E-state index in [0.29, 0.717) is 6.07 Å². The van der Waals surface area contributed by atoms with Gasteiger partial charge in [-0.2, -0.15) is 26.3 Å². The van der Waals surface area contributed by atoms with E-state index in [1.807, 2.05) is 0 Å². The zero-order valence-electron chi connectivity index (χ0n) is 14.3. The lowest BCUT2D eigenvalue weighted by molar-refractivity contribution is -0.136. The Morgan fingerprint density at radius 3 is 2.44 bits per heavy atom.